The van der Waals surface area contributed by atoms with Gasteiger partial charge in [0.15, 0.2) is 0 Å². The molecule has 0 bridgehead atoms. The smallest absolute Gasteiger partial charge is 0.229 e. The SMILES string of the molecule is C[SiH](C)Oc1cccc(O)c1. The Bertz CT molecular complexity index is 235. The molecule has 0 unspecified atom stereocenters. The minimum absolute atomic E-state index is 0.261. The number of rotatable bonds is 2. The van der Waals surface area contributed by atoms with Gasteiger partial charge in [-0.15, -0.1) is 0 Å². The molecule has 11 heavy (non-hydrogen) atoms. The van der Waals surface area contributed by atoms with Gasteiger partial charge in [-0.2, -0.15) is 0 Å². The molecule has 3 heteroatoms. The Labute approximate surface area is 68.2 Å². The van der Waals surface area contributed by atoms with Crippen LogP contribution >= 0.6 is 0 Å². The molecule has 60 valence electrons. The first kappa shape index (κ1) is 8.14. The van der Waals surface area contributed by atoms with Crippen molar-refractivity contribution in [1.82, 2.24) is 0 Å². The molecule has 0 aromatic heterocycles. The van der Waals surface area contributed by atoms with E-state index in [1.165, 1.54) is 0 Å². The molecule has 0 aliphatic rings. The van der Waals surface area contributed by atoms with Crippen LogP contribution in [0.5, 0.6) is 11.5 Å². The summed E-state index contributed by atoms with van der Waals surface area (Å²) in [6.07, 6.45) is 0. The lowest BCUT2D eigenvalue weighted by Crippen LogP contribution is -2.10. The molecule has 2 nitrogen and oxygen atoms in total. The average molecular weight is 168 g/mol. The standard InChI is InChI=1S/C8H12O2Si/c1-11(2)10-8-5-3-4-7(9)6-8/h3-6,9,11H,1-2H3. The van der Waals surface area contributed by atoms with Crippen molar-refractivity contribution in [1.29, 1.82) is 0 Å². The summed E-state index contributed by atoms with van der Waals surface area (Å²) in [4.78, 5) is 0. The summed E-state index contributed by atoms with van der Waals surface area (Å²) >= 11 is 0. The number of hydrogen-bond acceptors (Lipinski definition) is 2. The van der Waals surface area contributed by atoms with Gasteiger partial charge in [-0.25, -0.2) is 0 Å². The summed E-state index contributed by atoms with van der Waals surface area (Å²) in [6.45, 7) is 4.17. The normalized spacial score (nSPS) is 10.1. The second kappa shape index (κ2) is 3.43. The van der Waals surface area contributed by atoms with E-state index in [2.05, 4.69) is 13.1 Å². The molecule has 0 fully saturated rings. The molecule has 0 aliphatic heterocycles. The van der Waals surface area contributed by atoms with E-state index in [0.29, 0.717) is 0 Å². The van der Waals surface area contributed by atoms with E-state index in [0.717, 1.165) is 5.75 Å². The van der Waals surface area contributed by atoms with Crippen molar-refractivity contribution in [2.45, 2.75) is 13.1 Å². The van der Waals surface area contributed by atoms with E-state index >= 15 is 0 Å². The fourth-order valence-electron chi connectivity index (χ4n) is 0.829. The third-order valence-electron chi connectivity index (χ3n) is 1.19. The topological polar surface area (TPSA) is 29.5 Å². The van der Waals surface area contributed by atoms with Gasteiger partial charge < -0.3 is 9.53 Å². The van der Waals surface area contributed by atoms with E-state index < -0.39 is 9.04 Å². The molecule has 1 rings (SSSR count). The van der Waals surface area contributed by atoms with Crippen LogP contribution in [0.4, 0.5) is 0 Å². The zero-order chi connectivity index (χ0) is 8.27. The predicted molar refractivity (Wildman–Crippen MR) is 47.6 cm³/mol. The van der Waals surface area contributed by atoms with Gasteiger partial charge in [0.25, 0.3) is 0 Å². The van der Waals surface area contributed by atoms with Crippen molar-refractivity contribution in [2.75, 3.05) is 0 Å². The van der Waals surface area contributed by atoms with Crippen LogP contribution in [0.1, 0.15) is 0 Å². The van der Waals surface area contributed by atoms with Crippen LogP contribution in [0.25, 0.3) is 0 Å². The van der Waals surface area contributed by atoms with Crippen molar-refractivity contribution < 1.29 is 9.53 Å². The third-order valence-corrected chi connectivity index (χ3v) is 1.93. The lowest BCUT2D eigenvalue weighted by atomic mass is 10.3. The van der Waals surface area contributed by atoms with Gasteiger partial charge in [0.1, 0.15) is 11.5 Å². The van der Waals surface area contributed by atoms with Gasteiger partial charge in [-0.1, -0.05) is 6.07 Å². The highest BCUT2D eigenvalue weighted by atomic mass is 28.3. The first-order valence-electron chi connectivity index (χ1n) is 3.64. The number of aromatic hydroxyl groups is 1. The van der Waals surface area contributed by atoms with Crippen molar-refractivity contribution in [3.63, 3.8) is 0 Å². The zero-order valence-electron chi connectivity index (χ0n) is 6.74. The maximum absolute atomic E-state index is 9.06. The Kier molecular flexibility index (Phi) is 2.54. The van der Waals surface area contributed by atoms with E-state index in [1.807, 2.05) is 6.07 Å². The molecular weight excluding hydrogens is 156 g/mol. The summed E-state index contributed by atoms with van der Waals surface area (Å²) < 4.78 is 5.47. The van der Waals surface area contributed by atoms with E-state index in [4.69, 9.17) is 9.53 Å². The molecule has 0 saturated carbocycles. The maximum Gasteiger partial charge on any atom is 0.229 e. The van der Waals surface area contributed by atoms with Crippen LogP contribution < -0.4 is 4.43 Å². The zero-order valence-corrected chi connectivity index (χ0v) is 7.90. The lowest BCUT2D eigenvalue weighted by Gasteiger charge is -2.08. The van der Waals surface area contributed by atoms with Crippen molar-refractivity contribution in [3.05, 3.63) is 24.3 Å². The third kappa shape index (κ3) is 2.63. The number of phenols is 1. The van der Waals surface area contributed by atoms with Gasteiger partial charge in [-0.05, 0) is 25.2 Å². The van der Waals surface area contributed by atoms with Crippen molar-refractivity contribution in [2.24, 2.45) is 0 Å². The van der Waals surface area contributed by atoms with E-state index in [1.54, 1.807) is 18.2 Å². The maximum atomic E-state index is 9.06. The summed E-state index contributed by atoms with van der Waals surface area (Å²) in [7, 11) is -1.03. The summed E-state index contributed by atoms with van der Waals surface area (Å²) in [5.41, 5.74) is 0. The fraction of sp³-hybridized carbons (Fsp3) is 0.250. The minimum atomic E-state index is -1.03. The monoisotopic (exact) mass is 168 g/mol. The molecule has 0 saturated heterocycles. The van der Waals surface area contributed by atoms with Gasteiger partial charge in [-0.3, -0.25) is 0 Å². The highest BCUT2D eigenvalue weighted by Gasteiger charge is 1.98. The molecule has 0 aliphatic carbocycles. The van der Waals surface area contributed by atoms with E-state index in [-0.39, 0.29) is 5.75 Å². The van der Waals surface area contributed by atoms with Gasteiger partial charge in [0.2, 0.25) is 9.04 Å². The highest BCUT2D eigenvalue weighted by molar-refractivity contribution is 6.49. The number of benzene rings is 1. The summed E-state index contributed by atoms with van der Waals surface area (Å²) in [6, 6.07) is 6.90. The highest BCUT2D eigenvalue weighted by Crippen LogP contribution is 2.17. The van der Waals surface area contributed by atoms with E-state index in [9.17, 15) is 0 Å². The van der Waals surface area contributed by atoms with Crippen LogP contribution in [0.15, 0.2) is 24.3 Å². The molecule has 0 radical (unpaired) electrons. The quantitative estimate of drug-likeness (QED) is 0.682. The van der Waals surface area contributed by atoms with Gasteiger partial charge in [0, 0.05) is 6.07 Å². The first-order chi connectivity index (χ1) is 5.18. The Hall–Kier alpha value is -0.963. The van der Waals surface area contributed by atoms with Gasteiger partial charge in [0.05, 0.1) is 0 Å². The summed E-state index contributed by atoms with van der Waals surface area (Å²) in [5, 5.41) is 9.06. The minimum Gasteiger partial charge on any atom is -0.547 e. The van der Waals surface area contributed by atoms with Crippen LogP contribution in [0.3, 0.4) is 0 Å². The first-order valence-corrected chi connectivity index (χ1v) is 6.42. The molecular formula is C8H12O2Si. The molecule has 0 amide bonds. The van der Waals surface area contributed by atoms with Crippen molar-refractivity contribution in [3.8, 4) is 11.5 Å². The molecule has 0 spiro atoms. The number of phenolic OH excluding ortho intramolecular Hbond substituents is 1. The lowest BCUT2D eigenvalue weighted by molar-refractivity contribution is 0.470. The molecule has 1 N–H and O–H groups in total. The van der Waals surface area contributed by atoms with Crippen LogP contribution in [-0.2, 0) is 0 Å². The average Bonchev–Trinajstić information content (AvgIpc) is 1.85. The van der Waals surface area contributed by atoms with Gasteiger partial charge >= 0.3 is 0 Å². The van der Waals surface area contributed by atoms with Crippen LogP contribution in [-0.4, -0.2) is 14.1 Å². The second-order valence-corrected chi connectivity index (χ2v) is 5.00. The Morgan fingerprint density at radius 1 is 1.36 bits per heavy atom. The molecule has 0 atom stereocenters. The molecule has 1 aromatic rings. The number of hydrogen-bond donors (Lipinski definition) is 1. The largest absolute Gasteiger partial charge is 0.547 e. The predicted octanol–water partition coefficient (Wildman–Crippen LogP) is 1.75. The Balaban J connectivity index is 2.71. The Morgan fingerprint density at radius 3 is 2.64 bits per heavy atom. The fourth-order valence-corrected chi connectivity index (χ4v) is 1.52. The van der Waals surface area contributed by atoms with Crippen LogP contribution in [0.2, 0.25) is 13.1 Å². The molecule has 1 aromatic carbocycles. The second-order valence-electron chi connectivity index (χ2n) is 2.66. The summed E-state index contributed by atoms with van der Waals surface area (Å²) in [5.74, 6) is 1.03. The van der Waals surface area contributed by atoms with Crippen LogP contribution in [0, 0.1) is 0 Å². The Morgan fingerprint density at radius 2 is 2.09 bits per heavy atom. The van der Waals surface area contributed by atoms with Crippen molar-refractivity contribution >= 4 is 9.04 Å². The molecule has 0 heterocycles.